The summed E-state index contributed by atoms with van der Waals surface area (Å²) in [6.07, 6.45) is 1.30. The molecule has 0 aliphatic heterocycles. The summed E-state index contributed by atoms with van der Waals surface area (Å²) >= 11 is -0.154. The standard InChI is InChI=1S/C25H23F3N8O3Se/c26-25(27,28)39-19-8-3-5-16(13-19)14-21(37)31-20-11-10-17(33-34-20)6-1-2-9-22-35-36-24(40-22)32-23(38)30-18-7-4-12-29-15-18/h3-5,7-8,10-13,15H,1-2,6,9,14H2,(H,31,34,37)(H2,30,32,36,38). The van der Waals surface area contributed by atoms with Crippen molar-refractivity contribution in [2.45, 2.75) is 38.5 Å². The molecular weight excluding hydrogens is 596 g/mol. The van der Waals surface area contributed by atoms with Gasteiger partial charge in [0.1, 0.15) is 5.75 Å². The number of carbonyl (C=O) groups excluding carboxylic acids is 2. The van der Waals surface area contributed by atoms with Crippen molar-refractivity contribution in [1.29, 1.82) is 0 Å². The van der Waals surface area contributed by atoms with E-state index >= 15 is 0 Å². The van der Waals surface area contributed by atoms with Crippen LogP contribution in [0.5, 0.6) is 5.75 Å². The first-order valence-corrected chi connectivity index (χ1v) is 13.7. The molecule has 0 saturated carbocycles. The number of unbranched alkanes of at least 4 members (excludes halogenated alkanes) is 1. The van der Waals surface area contributed by atoms with Gasteiger partial charge in [-0.1, -0.05) is 12.1 Å². The van der Waals surface area contributed by atoms with Gasteiger partial charge in [0.05, 0.1) is 0 Å². The van der Waals surface area contributed by atoms with E-state index in [1.807, 2.05) is 0 Å². The fourth-order valence-corrected chi connectivity index (χ4v) is 5.10. The van der Waals surface area contributed by atoms with E-state index in [4.69, 9.17) is 0 Å². The summed E-state index contributed by atoms with van der Waals surface area (Å²) in [7, 11) is 0. The summed E-state index contributed by atoms with van der Waals surface area (Å²) < 4.78 is 42.5. The van der Waals surface area contributed by atoms with Crippen molar-refractivity contribution in [2.24, 2.45) is 0 Å². The number of hydrogen-bond acceptors (Lipinski definition) is 8. The molecular formula is C25H23F3N8O3Se. The Morgan fingerprint density at radius 3 is 2.50 bits per heavy atom. The van der Waals surface area contributed by atoms with Gasteiger partial charge in [0.2, 0.25) is 0 Å². The van der Waals surface area contributed by atoms with E-state index in [2.05, 4.69) is 46.1 Å². The molecule has 0 atom stereocenters. The summed E-state index contributed by atoms with van der Waals surface area (Å²) in [4.78, 5) is 28.3. The number of nitrogens with zero attached hydrogens (tertiary/aromatic N) is 5. The van der Waals surface area contributed by atoms with Crippen LogP contribution in [-0.2, 0) is 24.1 Å². The van der Waals surface area contributed by atoms with Gasteiger partial charge < -0.3 is 4.74 Å². The van der Waals surface area contributed by atoms with Crippen molar-refractivity contribution in [1.82, 2.24) is 25.4 Å². The third-order valence-electron chi connectivity index (χ3n) is 5.16. The van der Waals surface area contributed by atoms with Crippen LogP contribution in [0.3, 0.4) is 0 Å². The van der Waals surface area contributed by atoms with Gasteiger partial charge in [-0.25, -0.2) is 0 Å². The number of nitrogens with one attached hydrogen (secondary N) is 3. The van der Waals surface area contributed by atoms with E-state index in [0.29, 0.717) is 22.4 Å². The maximum atomic E-state index is 12.4. The second-order valence-corrected chi connectivity index (χ2v) is 10.6. The van der Waals surface area contributed by atoms with E-state index in [1.54, 1.807) is 36.7 Å². The monoisotopic (exact) mass is 620 g/mol. The number of anilines is 3. The number of aryl methyl sites for hydroxylation is 2. The molecule has 4 aromatic rings. The van der Waals surface area contributed by atoms with Crippen LogP contribution in [0.15, 0.2) is 60.9 Å². The van der Waals surface area contributed by atoms with Gasteiger partial charge in [-0.3, -0.25) is 0 Å². The van der Waals surface area contributed by atoms with Gasteiger partial charge in [-0.2, -0.15) is 0 Å². The average molecular weight is 619 g/mol. The molecule has 3 aromatic heterocycles. The molecule has 1 aromatic carbocycles. The number of halogens is 3. The van der Waals surface area contributed by atoms with E-state index in [0.717, 1.165) is 41.7 Å². The minimum atomic E-state index is -4.81. The number of benzene rings is 1. The Bertz CT molecular complexity index is 1420. The van der Waals surface area contributed by atoms with Gasteiger partial charge in [0.15, 0.2) is 0 Å². The van der Waals surface area contributed by atoms with Gasteiger partial charge in [0, 0.05) is 0 Å². The van der Waals surface area contributed by atoms with Crippen molar-refractivity contribution in [3.05, 3.63) is 76.7 Å². The molecule has 15 heteroatoms. The molecule has 0 bridgehead atoms. The first kappa shape index (κ1) is 28.6. The first-order chi connectivity index (χ1) is 19.2. The van der Waals surface area contributed by atoms with Gasteiger partial charge >= 0.3 is 179 Å². The Morgan fingerprint density at radius 2 is 1.75 bits per heavy atom. The molecule has 11 nitrogen and oxygen atoms in total. The Balaban J connectivity index is 1.15. The molecule has 0 saturated heterocycles. The molecule has 40 heavy (non-hydrogen) atoms. The maximum absolute atomic E-state index is 12.4. The number of rotatable bonds is 11. The number of pyridine rings is 1. The SMILES string of the molecule is O=C(Cc1cccc(OC(F)(F)F)c1)Nc1ccc(CCCCc2nnc(NC(=O)Nc3cccnc3)[se]2)nn1. The fourth-order valence-electron chi connectivity index (χ4n) is 3.47. The minimum absolute atomic E-state index is 0.153. The van der Waals surface area contributed by atoms with Crippen molar-refractivity contribution in [2.75, 3.05) is 16.0 Å². The molecule has 0 fully saturated rings. The summed E-state index contributed by atoms with van der Waals surface area (Å²) in [5.74, 6) is -0.600. The van der Waals surface area contributed by atoms with E-state index in [-0.39, 0.29) is 26.7 Å². The van der Waals surface area contributed by atoms with Crippen LogP contribution in [0.4, 0.5) is 34.2 Å². The van der Waals surface area contributed by atoms with Crippen molar-refractivity contribution >= 4 is 42.6 Å². The summed E-state index contributed by atoms with van der Waals surface area (Å²) in [5.41, 5.74) is 1.69. The number of aromatic nitrogens is 5. The second kappa shape index (κ2) is 13.6. The molecule has 4 rings (SSSR count). The third kappa shape index (κ3) is 9.75. The van der Waals surface area contributed by atoms with Crippen LogP contribution >= 0.6 is 0 Å². The average Bonchev–Trinajstić information content (AvgIpc) is 3.34. The Morgan fingerprint density at radius 1 is 0.900 bits per heavy atom. The number of alkyl halides is 3. The van der Waals surface area contributed by atoms with Crippen LogP contribution in [0.25, 0.3) is 0 Å². The van der Waals surface area contributed by atoms with E-state index in [1.165, 1.54) is 12.1 Å². The topological polar surface area (TPSA) is 144 Å². The van der Waals surface area contributed by atoms with Crippen LogP contribution in [0.2, 0.25) is 0 Å². The molecule has 0 unspecified atom stereocenters. The zero-order chi connectivity index (χ0) is 28.4. The van der Waals surface area contributed by atoms with Gasteiger partial charge in [0.25, 0.3) is 0 Å². The van der Waals surface area contributed by atoms with Crippen LogP contribution in [0.1, 0.15) is 28.7 Å². The third-order valence-corrected chi connectivity index (χ3v) is 7.05. The summed E-state index contributed by atoms with van der Waals surface area (Å²) in [6, 6.07) is 11.7. The van der Waals surface area contributed by atoms with Crippen molar-refractivity contribution in [3.8, 4) is 5.75 Å². The molecule has 0 aliphatic carbocycles. The number of ether oxygens (including phenoxy) is 1. The van der Waals surface area contributed by atoms with Gasteiger partial charge in [-0.15, -0.1) is 13.2 Å². The van der Waals surface area contributed by atoms with E-state index in [9.17, 15) is 22.8 Å². The zero-order valence-corrected chi connectivity index (χ0v) is 22.5. The van der Waals surface area contributed by atoms with Crippen LogP contribution in [-0.4, -0.2) is 58.2 Å². The number of urea groups is 1. The summed E-state index contributed by atoms with van der Waals surface area (Å²) in [5, 5.41) is 24.3. The van der Waals surface area contributed by atoms with Gasteiger partial charge in [-0.05, 0) is 17.7 Å². The molecule has 0 radical (unpaired) electrons. The van der Waals surface area contributed by atoms with Crippen molar-refractivity contribution in [3.63, 3.8) is 0 Å². The van der Waals surface area contributed by atoms with Crippen LogP contribution < -0.4 is 20.7 Å². The molecule has 3 heterocycles. The Hall–Kier alpha value is -4.36. The Labute approximate surface area is 232 Å². The molecule has 3 N–H and O–H groups in total. The van der Waals surface area contributed by atoms with Crippen LogP contribution in [0, 0.1) is 0 Å². The normalized spacial score (nSPS) is 11.1. The second-order valence-electron chi connectivity index (χ2n) is 8.36. The quantitative estimate of drug-likeness (QED) is 0.169. The van der Waals surface area contributed by atoms with E-state index < -0.39 is 24.1 Å². The summed E-state index contributed by atoms with van der Waals surface area (Å²) in [6.45, 7) is 0. The predicted molar refractivity (Wildman–Crippen MR) is 140 cm³/mol. The molecule has 3 amide bonds. The predicted octanol–water partition coefficient (Wildman–Crippen LogP) is 4.01. The first-order valence-electron chi connectivity index (χ1n) is 12.0. The van der Waals surface area contributed by atoms with Crippen molar-refractivity contribution < 1.29 is 27.5 Å². The molecule has 208 valence electrons. The number of carbonyl (C=O) groups is 2. The number of hydrogen-bond donors (Lipinski definition) is 3. The number of amides is 3. The fraction of sp³-hybridized carbons (Fsp3) is 0.240. The molecule has 0 spiro atoms. The zero-order valence-electron chi connectivity index (χ0n) is 20.8. The molecule has 0 aliphatic rings. The Kier molecular flexibility index (Phi) is 9.76.